The van der Waals surface area contributed by atoms with Crippen molar-refractivity contribution in [3.8, 4) is 0 Å². The van der Waals surface area contributed by atoms with Crippen molar-refractivity contribution in [3.05, 3.63) is 10.3 Å². The molecule has 2 heterocycles. The third kappa shape index (κ3) is 1.85. The summed E-state index contributed by atoms with van der Waals surface area (Å²) in [6.45, 7) is 2.96. The number of hydrogen-bond donors (Lipinski definition) is 0. The van der Waals surface area contributed by atoms with Gasteiger partial charge >= 0.3 is 0 Å². The van der Waals surface area contributed by atoms with Crippen molar-refractivity contribution < 1.29 is 4.74 Å². The molecule has 2 atom stereocenters. The molecule has 0 aromatic carbocycles. The van der Waals surface area contributed by atoms with Crippen LogP contribution < -0.4 is 0 Å². The van der Waals surface area contributed by atoms with Crippen LogP contribution in [-0.4, -0.2) is 22.1 Å². The summed E-state index contributed by atoms with van der Waals surface area (Å²) < 4.78 is 9.54. The molecule has 1 saturated heterocycles. The Hall–Kier alpha value is -0.190. The first-order valence-corrected chi connectivity index (χ1v) is 5.57. The Labute approximate surface area is 86.3 Å². The average molecular weight is 219 g/mol. The highest BCUT2D eigenvalue weighted by Gasteiger charge is 2.30. The van der Waals surface area contributed by atoms with E-state index in [0.717, 1.165) is 24.5 Å². The molecule has 1 aromatic rings. The number of nitrogens with zero attached hydrogens (tertiary/aromatic N) is 2. The van der Waals surface area contributed by atoms with Crippen LogP contribution in [0.15, 0.2) is 0 Å². The monoisotopic (exact) mass is 218 g/mol. The molecule has 2 unspecified atom stereocenters. The van der Waals surface area contributed by atoms with E-state index >= 15 is 0 Å². The van der Waals surface area contributed by atoms with Crippen molar-refractivity contribution in [2.24, 2.45) is 0 Å². The number of hydrogen-bond acceptors (Lipinski definition) is 4. The van der Waals surface area contributed by atoms with Crippen molar-refractivity contribution in [3.63, 3.8) is 0 Å². The smallest absolute Gasteiger partial charge is 0.234 e. The maximum absolute atomic E-state index is 5.68. The summed E-state index contributed by atoms with van der Waals surface area (Å²) in [7, 11) is 0. The third-order valence-corrected chi connectivity index (χ3v) is 3.46. The predicted molar refractivity (Wildman–Crippen MR) is 52.3 cm³/mol. The van der Waals surface area contributed by atoms with Crippen LogP contribution in [0.3, 0.4) is 0 Å². The molecule has 1 fully saturated rings. The molecular formula is C8H11ClN2OS. The molecule has 5 heteroatoms. The molecule has 0 bridgehead atoms. The topological polar surface area (TPSA) is 35.0 Å². The summed E-state index contributed by atoms with van der Waals surface area (Å²) in [5, 5.41) is 1.39. The van der Waals surface area contributed by atoms with E-state index in [2.05, 4.69) is 16.3 Å². The summed E-state index contributed by atoms with van der Waals surface area (Å²) in [5.41, 5.74) is 0. The molecule has 1 aliphatic heterocycles. The highest BCUT2D eigenvalue weighted by Crippen LogP contribution is 2.34. The molecule has 0 spiro atoms. The highest BCUT2D eigenvalue weighted by molar-refractivity contribution is 7.05. The zero-order valence-electron chi connectivity index (χ0n) is 7.36. The molecule has 72 valence electrons. The van der Waals surface area contributed by atoms with Crippen molar-refractivity contribution in [2.75, 3.05) is 6.61 Å². The van der Waals surface area contributed by atoms with E-state index in [0.29, 0.717) is 17.3 Å². The number of ether oxygens (including phenoxy) is 1. The highest BCUT2D eigenvalue weighted by atomic mass is 35.5. The maximum atomic E-state index is 5.68. The Bertz CT molecular complexity index is 291. The summed E-state index contributed by atoms with van der Waals surface area (Å²) in [6.07, 6.45) is 2.38. The van der Waals surface area contributed by atoms with Gasteiger partial charge in [-0.25, -0.2) is 4.98 Å². The van der Waals surface area contributed by atoms with Gasteiger partial charge in [-0.3, -0.25) is 0 Å². The Morgan fingerprint density at radius 2 is 2.54 bits per heavy atom. The molecular weight excluding hydrogens is 208 g/mol. The van der Waals surface area contributed by atoms with Crippen LogP contribution in [-0.2, 0) is 4.74 Å². The second kappa shape index (κ2) is 3.90. The number of rotatable bonds is 2. The van der Waals surface area contributed by atoms with Crippen molar-refractivity contribution in [2.45, 2.75) is 31.8 Å². The Morgan fingerprint density at radius 1 is 1.69 bits per heavy atom. The van der Waals surface area contributed by atoms with Crippen molar-refractivity contribution in [1.29, 1.82) is 0 Å². The minimum Gasteiger partial charge on any atom is -0.377 e. The maximum Gasteiger partial charge on any atom is 0.234 e. The minimum absolute atomic E-state index is 0.309. The second-order valence-corrected chi connectivity index (χ2v) is 4.24. The first kappa shape index (κ1) is 9.37. The van der Waals surface area contributed by atoms with Gasteiger partial charge in [-0.05, 0) is 36.0 Å². The van der Waals surface area contributed by atoms with Gasteiger partial charge in [0.1, 0.15) is 5.01 Å². The number of aromatic nitrogens is 2. The summed E-state index contributed by atoms with van der Waals surface area (Å²) in [4.78, 5) is 4.18. The van der Waals surface area contributed by atoms with Crippen LogP contribution in [0.25, 0.3) is 0 Å². The lowest BCUT2D eigenvalue weighted by molar-refractivity contribution is 0.101. The lowest BCUT2D eigenvalue weighted by atomic mass is 10.0. The lowest BCUT2D eigenvalue weighted by Gasteiger charge is -2.12. The normalized spacial score (nSPS) is 28.2. The van der Waals surface area contributed by atoms with Crippen LogP contribution in [0.2, 0.25) is 5.28 Å². The van der Waals surface area contributed by atoms with Gasteiger partial charge in [-0.15, -0.1) is 0 Å². The molecule has 13 heavy (non-hydrogen) atoms. The summed E-state index contributed by atoms with van der Waals surface area (Å²) in [6, 6.07) is 0. The van der Waals surface area contributed by atoms with E-state index in [1.165, 1.54) is 11.5 Å². The quantitative estimate of drug-likeness (QED) is 0.765. The fourth-order valence-corrected chi connectivity index (χ4v) is 2.69. The van der Waals surface area contributed by atoms with Crippen molar-refractivity contribution >= 4 is 23.1 Å². The molecule has 2 rings (SSSR count). The lowest BCUT2D eigenvalue weighted by Crippen LogP contribution is -2.12. The standard InChI is InChI=1S/C8H11ClN2OS/c1-2-6-5(3-4-12-6)7-10-8(9)11-13-7/h5-6H,2-4H2,1H3. The predicted octanol–water partition coefficient (Wildman–Crippen LogP) is 2.47. The zero-order valence-corrected chi connectivity index (χ0v) is 8.94. The van der Waals surface area contributed by atoms with Crippen LogP contribution in [0.4, 0.5) is 0 Å². The minimum atomic E-state index is 0.309. The Kier molecular flexibility index (Phi) is 2.81. The van der Waals surface area contributed by atoms with E-state index in [4.69, 9.17) is 16.3 Å². The van der Waals surface area contributed by atoms with Gasteiger partial charge in [-0.2, -0.15) is 4.37 Å². The van der Waals surface area contributed by atoms with Crippen LogP contribution in [0.1, 0.15) is 30.7 Å². The summed E-state index contributed by atoms with van der Waals surface area (Å²) in [5.74, 6) is 0.412. The Morgan fingerprint density at radius 3 is 3.15 bits per heavy atom. The number of halogens is 1. The van der Waals surface area contributed by atoms with Gasteiger partial charge in [0.25, 0.3) is 0 Å². The van der Waals surface area contributed by atoms with E-state index in [9.17, 15) is 0 Å². The second-order valence-electron chi connectivity index (χ2n) is 3.11. The van der Waals surface area contributed by atoms with Crippen LogP contribution >= 0.6 is 23.1 Å². The van der Waals surface area contributed by atoms with E-state index in [1.807, 2.05) is 0 Å². The molecule has 1 aliphatic rings. The molecule has 1 aromatic heterocycles. The molecule has 0 saturated carbocycles. The van der Waals surface area contributed by atoms with Crippen LogP contribution in [0, 0.1) is 0 Å². The summed E-state index contributed by atoms with van der Waals surface area (Å²) >= 11 is 7.07. The van der Waals surface area contributed by atoms with Gasteiger partial charge in [0.2, 0.25) is 5.28 Å². The SMILES string of the molecule is CCC1OCCC1c1nc(Cl)ns1. The van der Waals surface area contributed by atoms with Gasteiger partial charge in [-0.1, -0.05) is 6.92 Å². The average Bonchev–Trinajstić information content (AvgIpc) is 2.71. The van der Waals surface area contributed by atoms with E-state index in [-0.39, 0.29) is 0 Å². The van der Waals surface area contributed by atoms with Gasteiger partial charge < -0.3 is 4.74 Å². The fourth-order valence-electron chi connectivity index (χ4n) is 1.70. The van der Waals surface area contributed by atoms with Gasteiger partial charge in [0.05, 0.1) is 6.10 Å². The molecule has 0 radical (unpaired) electrons. The van der Waals surface area contributed by atoms with E-state index in [1.54, 1.807) is 0 Å². The molecule has 0 N–H and O–H groups in total. The van der Waals surface area contributed by atoms with Crippen LogP contribution in [0.5, 0.6) is 0 Å². The fraction of sp³-hybridized carbons (Fsp3) is 0.750. The van der Waals surface area contributed by atoms with Gasteiger partial charge in [0.15, 0.2) is 0 Å². The zero-order chi connectivity index (χ0) is 9.26. The molecule has 0 amide bonds. The van der Waals surface area contributed by atoms with Crippen molar-refractivity contribution in [1.82, 2.24) is 9.36 Å². The first-order valence-electron chi connectivity index (χ1n) is 4.42. The van der Waals surface area contributed by atoms with Gasteiger partial charge in [0, 0.05) is 12.5 Å². The Balaban J connectivity index is 2.15. The largest absolute Gasteiger partial charge is 0.377 e. The molecule has 0 aliphatic carbocycles. The third-order valence-electron chi connectivity index (χ3n) is 2.35. The van der Waals surface area contributed by atoms with E-state index < -0.39 is 0 Å². The molecule has 3 nitrogen and oxygen atoms in total. The first-order chi connectivity index (χ1) is 6.31.